The second-order valence-electron chi connectivity index (χ2n) is 2.89. The molecule has 0 aliphatic heterocycles. The minimum atomic E-state index is -0.921. The number of carbonyl (C=O) groups is 2. The Labute approximate surface area is 83.3 Å². The monoisotopic (exact) mass is 197 g/mol. The second kappa shape index (κ2) is 6.88. The number of hydrogen-bond donors (Lipinski definition) is 2. The zero-order valence-electron chi connectivity index (χ0n) is 8.36. The summed E-state index contributed by atoms with van der Waals surface area (Å²) in [5.74, 6) is -1.20. The predicted octanol–water partition coefficient (Wildman–Crippen LogP) is 1.10. The Kier molecular flexibility index (Phi) is 6.11. The third-order valence-corrected chi connectivity index (χ3v) is 1.42. The van der Waals surface area contributed by atoms with Crippen LogP contribution in [0.25, 0.3) is 0 Å². The number of carboxylic acids is 1. The average molecular weight is 197 g/mol. The lowest BCUT2D eigenvalue weighted by Crippen LogP contribution is -2.32. The smallest absolute Gasteiger partial charge is 0.305 e. The van der Waals surface area contributed by atoms with Crippen molar-refractivity contribution in [3.05, 3.63) is 24.3 Å². The first-order valence-corrected chi connectivity index (χ1v) is 4.38. The molecule has 0 radical (unpaired) electrons. The standard InChI is InChI=1S/C10H15NO3/c1-3-4-5-6-9(12)11-8(2)7-10(13)14/h3-6,8H,7H2,1-2H3,(H,11,12)(H,13,14)/b4-3+,6-5+. The highest BCUT2D eigenvalue weighted by Crippen LogP contribution is 1.90. The van der Waals surface area contributed by atoms with Crippen molar-refractivity contribution in [2.75, 3.05) is 0 Å². The highest BCUT2D eigenvalue weighted by atomic mass is 16.4. The molecule has 0 saturated heterocycles. The number of amides is 1. The van der Waals surface area contributed by atoms with Crippen LogP contribution in [0.1, 0.15) is 20.3 Å². The van der Waals surface area contributed by atoms with Gasteiger partial charge in [0.05, 0.1) is 6.42 Å². The van der Waals surface area contributed by atoms with Crippen molar-refractivity contribution in [2.24, 2.45) is 0 Å². The summed E-state index contributed by atoms with van der Waals surface area (Å²) < 4.78 is 0. The van der Waals surface area contributed by atoms with E-state index >= 15 is 0 Å². The van der Waals surface area contributed by atoms with Gasteiger partial charge in [0.2, 0.25) is 5.91 Å². The molecule has 0 aromatic carbocycles. The molecule has 0 spiro atoms. The molecule has 0 aliphatic rings. The van der Waals surface area contributed by atoms with Crippen LogP contribution in [0.5, 0.6) is 0 Å². The SMILES string of the molecule is C/C=C/C=C/C(=O)NC(C)CC(=O)O. The van der Waals surface area contributed by atoms with Crippen LogP contribution in [0, 0.1) is 0 Å². The fraction of sp³-hybridized carbons (Fsp3) is 0.400. The van der Waals surface area contributed by atoms with Crippen LogP contribution in [0.15, 0.2) is 24.3 Å². The quantitative estimate of drug-likeness (QED) is 0.512. The number of rotatable bonds is 5. The van der Waals surface area contributed by atoms with Crippen LogP contribution in [0.4, 0.5) is 0 Å². The number of aliphatic carboxylic acids is 1. The van der Waals surface area contributed by atoms with Gasteiger partial charge in [0.1, 0.15) is 0 Å². The van der Waals surface area contributed by atoms with E-state index < -0.39 is 5.97 Å². The molecule has 0 fully saturated rings. The molecule has 0 aromatic heterocycles. The average Bonchev–Trinajstić information content (AvgIpc) is 2.02. The maximum Gasteiger partial charge on any atom is 0.305 e. The summed E-state index contributed by atoms with van der Waals surface area (Å²) in [6.07, 6.45) is 6.41. The molecule has 0 aromatic rings. The molecule has 0 aliphatic carbocycles. The molecular formula is C10H15NO3. The highest BCUT2D eigenvalue weighted by Gasteiger charge is 2.08. The molecule has 1 amide bonds. The number of hydrogen-bond acceptors (Lipinski definition) is 2. The van der Waals surface area contributed by atoms with Gasteiger partial charge >= 0.3 is 5.97 Å². The topological polar surface area (TPSA) is 66.4 Å². The van der Waals surface area contributed by atoms with Crippen LogP contribution < -0.4 is 5.32 Å². The van der Waals surface area contributed by atoms with Crippen molar-refractivity contribution < 1.29 is 14.7 Å². The van der Waals surface area contributed by atoms with Gasteiger partial charge in [-0.2, -0.15) is 0 Å². The van der Waals surface area contributed by atoms with Crippen molar-refractivity contribution >= 4 is 11.9 Å². The molecule has 0 saturated carbocycles. The lowest BCUT2D eigenvalue weighted by molar-refractivity contribution is -0.137. The highest BCUT2D eigenvalue weighted by molar-refractivity contribution is 5.88. The summed E-state index contributed by atoms with van der Waals surface area (Å²) in [5, 5.41) is 11.0. The molecular weight excluding hydrogens is 182 g/mol. The van der Waals surface area contributed by atoms with Gasteiger partial charge in [-0.05, 0) is 13.8 Å². The summed E-state index contributed by atoms with van der Waals surface area (Å²) in [6.45, 7) is 3.49. The summed E-state index contributed by atoms with van der Waals surface area (Å²) in [7, 11) is 0. The van der Waals surface area contributed by atoms with Gasteiger partial charge in [-0.1, -0.05) is 18.2 Å². The summed E-state index contributed by atoms with van der Waals surface area (Å²) in [6, 6.07) is -0.352. The third-order valence-electron chi connectivity index (χ3n) is 1.42. The van der Waals surface area contributed by atoms with Crippen LogP contribution >= 0.6 is 0 Å². The molecule has 78 valence electrons. The van der Waals surface area contributed by atoms with Gasteiger partial charge < -0.3 is 10.4 Å². The lowest BCUT2D eigenvalue weighted by Gasteiger charge is -2.08. The van der Waals surface area contributed by atoms with Gasteiger partial charge in [0.15, 0.2) is 0 Å². The first-order chi connectivity index (χ1) is 6.56. The van der Waals surface area contributed by atoms with Crippen LogP contribution in [0.2, 0.25) is 0 Å². The first kappa shape index (κ1) is 12.4. The van der Waals surface area contributed by atoms with Crippen molar-refractivity contribution in [1.29, 1.82) is 0 Å². The van der Waals surface area contributed by atoms with E-state index in [0.29, 0.717) is 0 Å². The van der Waals surface area contributed by atoms with Crippen molar-refractivity contribution in [3.63, 3.8) is 0 Å². The van der Waals surface area contributed by atoms with Gasteiger partial charge in [-0.3, -0.25) is 9.59 Å². The first-order valence-electron chi connectivity index (χ1n) is 4.38. The van der Waals surface area contributed by atoms with Crippen LogP contribution in [-0.4, -0.2) is 23.0 Å². The molecule has 1 atom stereocenters. The molecule has 0 rings (SSSR count). The molecule has 14 heavy (non-hydrogen) atoms. The third kappa shape index (κ3) is 7.09. The van der Waals surface area contributed by atoms with E-state index in [4.69, 9.17) is 5.11 Å². The van der Waals surface area contributed by atoms with E-state index in [1.807, 2.05) is 6.92 Å². The summed E-state index contributed by atoms with van der Waals surface area (Å²) >= 11 is 0. The van der Waals surface area contributed by atoms with Gasteiger partial charge in [0, 0.05) is 12.1 Å². The van der Waals surface area contributed by atoms with Gasteiger partial charge in [0.25, 0.3) is 0 Å². The summed E-state index contributed by atoms with van der Waals surface area (Å²) in [5.41, 5.74) is 0. The Morgan fingerprint density at radius 2 is 2.07 bits per heavy atom. The number of nitrogens with one attached hydrogen (secondary N) is 1. The van der Waals surface area contributed by atoms with Gasteiger partial charge in [-0.25, -0.2) is 0 Å². The number of carboxylic acid groups (broad SMARTS) is 1. The van der Waals surface area contributed by atoms with E-state index in [2.05, 4.69) is 5.32 Å². The van der Waals surface area contributed by atoms with Crippen molar-refractivity contribution in [1.82, 2.24) is 5.32 Å². The van der Waals surface area contributed by atoms with E-state index in [0.717, 1.165) is 0 Å². The fourth-order valence-electron chi connectivity index (χ4n) is 0.858. The van der Waals surface area contributed by atoms with Crippen molar-refractivity contribution in [3.8, 4) is 0 Å². The zero-order valence-corrected chi connectivity index (χ0v) is 8.36. The maximum atomic E-state index is 11.1. The largest absolute Gasteiger partial charge is 0.481 e. The minimum Gasteiger partial charge on any atom is -0.481 e. The second-order valence-corrected chi connectivity index (χ2v) is 2.89. The van der Waals surface area contributed by atoms with Crippen LogP contribution in [0.3, 0.4) is 0 Å². The molecule has 4 nitrogen and oxygen atoms in total. The molecule has 2 N–H and O–H groups in total. The minimum absolute atomic E-state index is 0.0663. The Bertz CT molecular complexity index is 256. The van der Waals surface area contributed by atoms with E-state index in [1.54, 1.807) is 25.2 Å². The molecule has 0 bridgehead atoms. The Morgan fingerprint density at radius 1 is 1.43 bits per heavy atom. The Balaban J connectivity index is 3.87. The molecule has 4 heteroatoms. The lowest BCUT2D eigenvalue weighted by atomic mass is 10.2. The number of allylic oxidation sites excluding steroid dienone is 3. The van der Waals surface area contributed by atoms with Crippen LogP contribution in [-0.2, 0) is 9.59 Å². The van der Waals surface area contributed by atoms with Gasteiger partial charge in [-0.15, -0.1) is 0 Å². The number of carbonyl (C=O) groups excluding carboxylic acids is 1. The summed E-state index contributed by atoms with van der Waals surface area (Å²) in [4.78, 5) is 21.4. The normalized spacial score (nSPS) is 13.3. The Morgan fingerprint density at radius 3 is 2.57 bits per heavy atom. The Hall–Kier alpha value is -1.58. The van der Waals surface area contributed by atoms with E-state index in [1.165, 1.54) is 6.08 Å². The zero-order chi connectivity index (χ0) is 11.0. The molecule has 1 unspecified atom stereocenters. The van der Waals surface area contributed by atoms with E-state index in [-0.39, 0.29) is 18.4 Å². The predicted molar refractivity (Wildman–Crippen MR) is 53.8 cm³/mol. The fourth-order valence-corrected chi connectivity index (χ4v) is 0.858. The van der Waals surface area contributed by atoms with E-state index in [9.17, 15) is 9.59 Å². The van der Waals surface area contributed by atoms with Crippen molar-refractivity contribution in [2.45, 2.75) is 26.3 Å². The maximum absolute atomic E-state index is 11.1. The molecule has 0 heterocycles.